The lowest BCUT2D eigenvalue weighted by molar-refractivity contribution is 0.414. The highest BCUT2D eigenvalue weighted by Crippen LogP contribution is 2.23. The summed E-state index contributed by atoms with van der Waals surface area (Å²) >= 11 is 0. The highest BCUT2D eigenvalue weighted by Gasteiger charge is 2.15. The highest BCUT2D eigenvalue weighted by atomic mass is 32.2. The Morgan fingerprint density at radius 1 is 0.880 bits per heavy atom. The van der Waals surface area contributed by atoms with E-state index in [0.29, 0.717) is 11.4 Å². The van der Waals surface area contributed by atoms with E-state index < -0.39 is 10.0 Å². The molecule has 1 saturated heterocycles. The quantitative estimate of drug-likeness (QED) is 0.879. The summed E-state index contributed by atoms with van der Waals surface area (Å²) in [6.07, 6.45) is 5.00. The van der Waals surface area contributed by atoms with E-state index in [1.807, 2.05) is 24.3 Å². The molecular formula is C19H24N2O3S. The molecule has 134 valence electrons. The molecule has 0 saturated carbocycles. The summed E-state index contributed by atoms with van der Waals surface area (Å²) in [6.45, 7) is 2.13. The summed E-state index contributed by atoms with van der Waals surface area (Å²) < 4.78 is 32.6. The monoisotopic (exact) mass is 360 g/mol. The van der Waals surface area contributed by atoms with Gasteiger partial charge in [0.2, 0.25) is 0 Å². The molecule has 0 amide bonds. The number of anilines is 2. The third kappa shape index (κ3) is 4.45. The minimum Gasteiger partial charge on any atom is -0.497 e. The van der Waals surface area contributed by atoms with Crippen LogP contribution in [0, 0.1) is 0 Å². The molecule has 1 fully saturated rings. The topological polar surface area (TPSA) is 58.6 Å². The lowest BCUT2D eigenvalue weighted by Gasteiger charge is -2.22. The van der Waals surface area contributed by atoms with Gasteiger partial charge in [-0.15, -0.1) is 0 Å². The molecule has 1 aliphatic rings. The van der Waals surface area contributed by atoms with Crippen molar-refractivity contribution in [3.8, 4) is 5.75 Å². The zero-order valence-corrected chi connectivity index (χ0v) is 15.3. The Morgan fingerprint density at radius 2 is 1.48 bits per heavy atom. The Bertz CT molecular complexity index is 778. The first-order valence-corrected chi connectivity index (χ1v) is 10.1. The Hall–Kier alpha value is -2.21. The van der Waals surface area contributed by atoms with E-state index in [1.54, 1.807) is 19.2 Å². The molecule has 0 bridgehead atoms. The van der Waals surface area contributed by atoms with Gasteiger partial charge in [-0.25, -0.2) is 8.42 Å². The first-order chi connectivity index (χ1) is 12.1. The van der Waals surface area contributed by atoms with Crippen LogP contribution >= 0.6 is 0 Å². The van der Waals surface area contributed by atoms with Gasteiger partial charge in [0, 0.05) is 24.5 Å². The first-order valence-electron chi connectivity index (χ1n) is 8.60. The normalized spacial score (nSPS) is 15.5. The van der Waals surface area contributed by atoms with Crippen LogP contribution in [0.25, 0.3) is 0 Å². The minimum absolute atomic E-state index is 0.213. The van der Waals surface area contributed by atoms with E-state index in [4.69, 9.17) is 4.74 Å². The summed E-state index contributed by atoms with van der Waals surface area (Å²) in [7, 11) is -2.05. The molecule has 1 N–H and O–H groups in total. The second kappa shape index (κ2) is 7.78. The number of methoxy groups -OCH3 is 1. The maximum absolute atomic E-state index is 12.5. The lowest BCUT2D eigenvalue weighted by atomic mass is 10.2. The van der Waals surface area contributed by atoms with Gasteiger partial charge in [0.05, 0.1) is 12.0 Å². The Kier molecular flexibility index (Phi) is 5.48. The Labute approximate surface area is 149 Å². The first kappa shape index (κ1) is 17.6. The summed E-state index contributed by atoms with van der Waals surface area (Å²) in [5.74, 6) is 0.626. The van der Waals surface area contributed by atoms with Crippen LogP contribution in [0.1, 0.15) is 25.7 Å². The average molecular weight is 360 g/mol. The van der Waals surface area contributed by atoms with Crippen molar-refractivity contribution in [2.45, 2.75) is 30.6 Å². The van der Waals surface area contributed by atoms with Crippen LogP contribution in [-0.2, 0) is 10.0 Å². The Balaban J connectivity index is 1.71. The van der Waals surface area contributed by atoms with Crippen molar-refractivity contribution < 1.29 is 13.2 Å². The van der Waals surface area contributed by atoms with Crippen LogP contribution < -0.4 is 14.4 Å². The van der Waals surface area contributed by atoms with Gasteiger partial charge >= 0.3 is 0 Å². The fraction of sp³-hybridized carbons (Fsp3) is 0.368. The maximum atomic E-state index is 12.5. The number of benzene rings is 2. The number of rotatable bonds is 5. The molecule has 0 radical (unpaired) electrons. The second-order valence-corrected chi connectivity index (χ2v) is 7.91. The fourth-order valence-corrected chi connectivity index (χ4v) is 4.10. The molecule has 5 nitrogen and oxygen atoms in total. The average Bonchev–Trinajstić information content (AvgIpc) is 2.91. The number of hydrogen-bond donors (Lipinski definition) is 1. The van der Waals surface area contributed by atoms with Gasteiger partial charge < -0.3 is 9.64 Å². The molecule has 2 aromatic rings. The van der Waals surface area contributed by atoms with Crippen molar-refractivity contribution in [1.29, 1.82) is 0 Å². The lowest BCUT2D eigenvalue weighted by Crippen LogP contribution is -2.23. The van der Waals surface area contributed by atoms with Gasteiger partial charge in [0.25, 0.3) is 10.0 Å². The summed E-state index contributed by atoms with van der Waals surface area (Å²) in [5, 5.41) is 0. The van der Waals surface area contributed by atoms with Crippen LogP contribution in [0.15, 0.2) is 53.4 Å². The molecule has 25 heavy (non-hydrogen) atoms. The molecule has 2 aromatic carbocycles. The standard InChI is InChI=1S/C19H24N2O3S/c1-24-18-10-12-19(13-11-18)25(22,23)20-16-6-8-17(9-7-16)21-14-4-2-3-5-15-21/h6-13,20H,2-5,14-15H2,1H3. The van der Waals surface area contributed by atoms with E-state index in [-0.39, 0.29) is 4.90 Å². The maximum Gasteiger partial charge on any atom is 0.261 e. The van der Waals surface area contributed by atoms with E-state index in [2.05, 4.69) is 9.62 Å². The van der Waals surface area contributed by atoms with Gasteiger partial charge in [0.1, 0.15) is 5.75 Å². The zero-order valence-electron chi connectivity index (χ0n) is 14.4. The third-order valence-corrected chi connectivity index (χ3v) is 5.86. The molecule has 0 spiro atoms. The molecule has 0 unspecified atom stereocenters. The van der Waals surface area contributed by atoms with Crippen LogP contribution in [0.2, 0.25) is 0 Å². The summed E-state index contributed by atoms with van der Waals surface area (Å²) in [4.78, 5) is 2.58. The van der Waals surface area contributed by atoms with Crippen LogP contribution in [0.5, 0.6) is 5.75 Å². The molecule has 0 atom stereocenters. The van der Waals surface area contributed by atoms with E-state index in [9.17, 15) is 8.42 Å². The molecule has 1 aliphatic heterocycles. The predicted molar refractivity (Wildman–Crippen MR) is 101 cm³/mol. The Morgan fingerprint density at radius 3 is 2.04 bits per heavy atom. The molecule has 1 heterocycles. The number of hydrogen-bond acceptors (Lipinski definition) is 4. The summed E-state index contributed by atoms with van der Waals surface area (Å²) in [6, 6.07) is 13.9. The smallest absolute Gasteiger partial charge is 0.261 e. The highest BCUT2D eigenvalue weighted by molar-refractivity contribution is 7.92. The van der Waals surface area contributed by atoms with Crippen molar-refractivity contribution in [3.05, 3.63) is 48.5 Å². The van der Waals surface area contributed by atoms with Crippen LogP contribution in [0.3, 0.4) is 0 Å². The van der Waals surface area contributed by atoms with Crippen molar-refractivity contribution >= 4 is 21.4 Å². The van der Waals surface area contributed by atoms with E-state index in [1.165, 1.54) is 37.8 Å². The van der Waals surface area contributed by atoms with Crippen LogP contribution in [-0.4, -0.2) is 28.6 Å². The van der Waals surface area contributed by atoms with Gasteiger partial charge in [-0.3, -0.25) is 4.72 Å². The van der Waals surface area contributed by atoms with E-state index in [0.717, 1.165) is 18.8 Å². The molecule has 0 aromatic heterocycles. The van der Waals surface area contributed by atoms with Gasteiger partial charge in [0.15, 0.2) is 0 Å². The molecule has 0 aliphatic carbocycles. The van der Waals surface area contributed by atoms with Crippen molar-refractivity contribution in [1.82, 2.24) is 0 Å². The van der Waals surface area contributed by atoms with Crippen molar-refractivity contribution in [3.63, 3.8) is 0 Å². The second-order valence-electron chi connectivity index (χ2n) is 6.23. The summed E-state index contributed by atoms with van der Waals surface area (Å²) in [5.41, 5.74) is 1.71. The molecule has 6 heteroatoms. The predicted octanol–water partition coefficient (Wildman–Crippen LogP) is 3.88. The SMILES string of the molecule is COc1ccc(S(=O)(=O)Nc2ccc(N3CCCCCC3)cc2)cc1. The number of nitrogens with zero attached hydrogens (tertiary/aromatic N) is 1. The molecule has 3 rings (SSSR count). The fourth-order valence-electron chi connectivity index (χ4n) is 3.04. The number of sulfonamides is 1. The number of ether oxygens (including phenoxy) is 1. The van der Waals surface area contributed by atoms with Crippen LogP contribution in [0.4, 0.5) is 11.4 Å². The minimum atomic E-state index is -3.60. The van der Waals surface area contributed by atoms with Crippen molar-refractivity contribution in [2.24, 2.45) is 0 Å². The van der Waals surface area contributed by atoms with Gasteiger partial charge in [-0.2, -0.15) is 0 Å². The van der Waals surface area contributed by atoms with E-state index >= 15 is 0 Å². The third-order valence-electron chi connectivity index (χ3n) is 4.46. The van der Waals surface area contributed by atoms with Gasteiger partial charge in [-0.05, 0) is 61.4 Å². The largest absolute Gasteiger partial charge is 0.497 e. The number of nitrogens with one attached hydrogen (secondary N) is 1. The zero-order chi connectivity index (χ0) is 17.7. The van der Waals surface area contributed by atoms with Gasteiger partial charge in [-0.1, -0.05) is 12.8 Å². The van der Waals surface area contributed by atoms with Crippen molar-refractivity contribution in [2.75, 3.05) is 29.8 Å². The molecular weight excluding hydrogens is 336 g/mol.